The third kappa shape index (κ3) is 3.03. The summed E-state index contributed by atoms with van der Waals surface area (Å²) in [6, 6.07) is 6.99. The molecule has 0 unspecified atom stereocenters. The number of fused-ring (bicyclic) bond motifs is 2. The van der Waals surface area contributed by atoms with Crippen molar-refractivity contribution < 1.29 is 4.79 Å². The first-order chi connectivity index (χ1) is 12.0. The molecule has 2 N–H and O–H groups in total. The minimum atomic E-state index is -0.183. The van der Waals surface area contributed by atoms with Crippen molar-refractivity contribution in [1.82, 2.24) is 4.98 Å². The van der Waals surface area contributed by atoms with Gasteiger partial charge in [0, 0.05) is 21.7 Å². The summed E-state index contributed by atoms with van der Waals surface area (Å²) in [6.07, 6.45) is 5.60. The third-order valence-corrected chi connectivity index (χ3v) is 6.29. The van der Waals surface area contributed by atoms with Gasteiger partial charge in [-0.1, -0.05) is 29.6 Å². The molecule has 2 aromatic heterocycles. The number of hydrogen-bond donors (Lipinski definition) is 1. The van der Waals surface area contributed by atoms with Gasteiger partial charge in [-0.2, -0.15) is 0 Å². The Kier molecular flexibility index (Phi) is 4.44. The SMILES string of the molecule is Nc1c(C(=O)c2ccc(Cl)cc2Cl)sc2nc3c(cc12)CCCCC3. The fourth-order valence-corrected chi connectivity index (χ4v) is 4.85. The van der Waals surface area contributed by atoms with Gasteiger partial charge in [-0.3, -0.25) is 4.79 Å². The molecule has 4 rings (SSSR count). The van der Waals surface area contributed by atoms with Crippen molar-refractivity contribution in [1.29, 1.82) is 0 Å². The maximum absolute atomic E-state index is 12.9. The van der Waals surface area contributed by atoms with Gasteiger partial charge in [0.15, 0.2) is 0 Å². The largest absolute Gasteiger partial charge is 0.397 e. The molecular weight excluding hydrogens is 375 g/mol. The van der Waals surface area contributed by atoms with Gasteiger partial charge >= 0.3 is 0 Å². The Morgan fingerprint density at radius 2 is 1.92 bits per heavy atom. The molecule has 6 heteroatoms. The lowest BCUT2D eigenvalue weighted by Gasteiger charge is -2.05. The Bertz CT molecular complexity index is 997. The van der Waals surface area contributed by atoms with Gasteiger partial charge in [0.25, 0.3) is 0 Å². The number of benzene rings is 1. The second kappa shape index (κ2) is 6.60. The number of hydrogen-bond acceptors (Lipinski definition) is 4. The first kappa shape index (κ1) is 16.8. The van der Waals surface area contributed by atoms with Crippen LogP contribution in [-0.4, -0.2) is 10.8 Å². The van der Waals surface area contributed by atoms with Crippen LogP contribution in [0.25, 0.3) is 10.2 Å². The van der Waals surface area contributed by atoms with Crippen LogP contribution in [0, 0.1) is 0 Å². The van der Waals surface area contributed by atoms with Crippen molar-refractivity contribution in [2.75, 3.05) is 5.73 Å². The zero-order valence-electron chi connectivity index (χ0n) is 13.4. The highest BCUT2D eigenvalue weighted by Gasteiger charge is 2.22. The minimum Gasteiger partial charge on any atom is -0.397 e. The summed E-state index contributed by atoms with van der Waals surface area (Å²) in [5, 5.41) is 1.70. The Labute approximate surface area is 159 Å². The van der Waals surface area contributed by atoms with Crippen molar-refractivity contribution in [2.24, 2.45) is 0 Å². The monoisotopic (exact) mass is 390 g/mol. The third-order valence-electron chi connectivity index (χ3n) is 4.63. The average molecular weight is 391 g/mol. The maximum Gasteiger partial charge on any atom is 0.206 e. The summed E-state index contributed by atoms with van der Waals surface area (Å²) < 4.78 is 0. The Morgan fingerprint density at radius 1 is 1.12 bits per heavy atom. The highest BCUT2D eigenvalue weighted by Crippen LogP contribution is 2.37. The molecule has 0 saturated carbocycles. The minimum absolute atomic E-state index is 0.183. The van der Waals surface area contributed by atoms with Gasteiger partial charge in [0.05, 0.1) is 10.7 Å². The highest BCUT2D eigenvalue weighted by atomic mass is 35.5. The fourth-order valence-electron chi connectivity index (χ4n) is 3.30. The van der Waals surface area contributed by atoms with Crippen molar-refractivity contribution in [2.45, 2.75) is 32.1 Å². The summed E-state index contributed by atoms with van der Waals surface area (Å²) in [6.45, 7) is 0. The average Bonchev–Trinajstić information content (AvgIpc) is 2.76. The maximum atomic E-state index is 12.9. The molecule has 0 radical (unpaired) electrons. The van der Waals surface area contributed by atoms with Crippen LogP contribution in [0.5, 0.6) is 0 Å². The molecule has 1 aliphatic rings. The predicted octanol–water partition coefficient (Wildman–Crippen LogP) is 5.69. The van der Waals surface area contributed by atoms with Gasteiger partial charge in [-0.05, 0) is 55.5 Å². The number of nitrogens with two attached hydrogens (primary N) is 1. The summed E-state index contributed by atoms with van der Waals surface area (Å²) in [5.74, 6) is -0.183. The van der Waals surface area contributed by atoms with E-state index in [2.05, 4.69) is 6.07 Å². The molecule has 0 saturated heterocycles. The number of aryl methyl sites for hydroxylation is 2. The van der Waals surface area contributed by atoms with Gasteiger partial charge in [0.1, 0.15) is 9.71 Å². The number of carbonyl (C=O) groups is 1. The molecule has 0 aliphatic heterocycles. The molecule has 0 bridgehead atoms. The molecule has 3 aromatic rings. The number of halogens is 2. The smallest absolute Gasteiger partial charge is 0.206 e. The number of pyridine rings is 1. The number of thiophene rings is 1. The fraction of sp³-hybridized carbons (Fsp3) is 0.263. The quantitative estimate of drug-likeness (QED) is 0.451. The van der Waals surface area contributed by atoms with Gasteiger partial charge in [0.2, 0.25) is 5.78 Å². The summed E-state index contributed by atoms with van der Waals surface area (Å²) in [4.78, 5) is 19.0. The zero-order valence-corrected chi connectivity index (χ0v) is 15.8. The molecule has 1 aliphatic carbocycles. The van der Waals surface area contributed by atoms with Crippen LogP contribution in [0.1, 0.15) is 45.8 Å². The summed E-state index contributed by atoms with van der Waals surface area (Å²) in [5.41, 5.74) is 9.62. The van der Waals surface area contributed by atoms with E-state index in [-0.39, 0.29) is 5.78 Å². The molecule has 25 heavy (non-hydrogen) atoms. The van der Waals surface area contributed by atoms with Gasteiger partial charge < -0.3 is 5.73 Å². The number of nitrogen functional groups attached to an aromatic ring is 1. The number of ketones is 1. The van der Waals surface area contributed by atoms with E-state index >= 15 is 0 Å². The van der Waals surface area contributed by atoms with E-state index in [1.807, 2.05) is 0 Å². The van der Waals surface area contributed by atoms with E-state index in [4.69, 9.17) is 33.9 Å². The normalized spacial score (nSPS) is 14.3. The molecule has 0 atom stereocenters. The van der Waals surface area contributed by atoms with E-state index < -0.39 is 0 Å². The van der Waals surface area contributed by atoms with E-state index in [0.717, 1.165) is 28.8 Å². The topological polar surface area (TPSA) is 56.0 Å². The molecule has 2 heterocycles. The van der Waals surface area contributed by atoms with Crippen molar-refractivity contribution >= 4 is 56.2 Å². The van der Waals surface area contributed by atoms with Crippen LogP contribution in [-0.2, 0) is 12.8 Å². The van der Waals surface area contributed by atoms with E-state index in [9.17, 15) is 4.79 Å². The first-order valence-corrected chi connectivity index (χ1v) is 9.82. The second-order valence-corrected chi connectivity index (χ2v) is 8.15. The number of anilines is 1. The van der Waals surface area contributed by atoms with Crippen LogP contribution >= 0.6 is 34.5 Å². The van der Waals surface area contributed by atoms with E-state index in [0.29, 0.717) is 26.2 Å². The number of aromatic nitrogens is 1. The number of carbonyl (C=O) groups excluding carboxylic acids is 1. The molecule has 3 nitrogen and oxygen atoms in total. The molecule has 0 amide bonds. The molecular formula is C19H16Cl2N2OS. The van der Waals surface area contributed by atoms with Crippen molar-refractivity contribution in [3.05, 3.63) is 56.0 Å². The van der Waals surface area contributed by atoms with Crippen LogP contribution in [0.3, 0.4) is 0 Å². The lowest BCUT2D eigenvalue weighted by molar-refractivity contribution is 0.104. The van der Waals surface area contributed by atoms with Crippen molar-refractivity contribution in [3.8, 4) is 0 Å². The molecule has 0 spiro atoms. The Hall–Kier alpha value is -1.62. The summed E-state index contributed by atoms with van der Waals surface area (Å²) in [7, 11) is 0. The lowest BCUT2D eigenvalue weighted by Crippen LogP contribution is -2.03. The van der Waals surface area contributed by atoms with Gasteiger partial charge in [-0.25, -0.2) is 4.98 Å². The molecule has 0 fully saturated rings. The van der Waals surface area contributed by atoms with Crippen LogP contribution in [0.15, 0.2) is 24.3 Å². The second-order valence-electron chi connectivity index (χ2n) is 6.31. The molecule has 128 valence electrons. The summed E-state index contributed by atoms with van der Waals surface area (Å²) >= 11 is 13.5. The zero-order chi connectivity index (χ0) is 17.6. The first-order valence-electron chi connectivity index (χ1n) is 8.25. The number of nitrogens with zero attached hydrogens (tertiary/aromatic N) is 1. The van der Waals surface area contributed by atoms with Crippen LogP contribution in [0.4, 0.5) is 5.69 Å². The highest BCUT2D eigenvalue weighted by molar-refractivity contribution is 7.21. The standard InChI is InChI=1S/C19H16Cl2N2OS/c20-11-6-7-12(14(21)9-11)17(24)18-16(22)13-8-10-4-2-1-3-5-15(10)23-19(13)25-18/h6-9H,1-5,22H2. The predicted molar refractivity (Wildman–Crippen MR) is 105 cm³/mol. The molecule has 1 aromatic carbocycles. The Morgan fingerprint density at radius 3 is 2.72 bits per heavy atom. The Balaban J connectivity index is 1.82. The number of rotatable bonds is 2. The van der Waals surface area contributed by atoms with Crippen LogP contribution < -0.4 is 5.73 Å². The van der Waals surface area contributed by atoms with E-state index in [1.165, 1.54) is 36.2 Å². The van der Waals surface area contributed by atoms with Crippen molar-refractivity contribution in [3.63, 3.8) is 0 Å². The lowest BCUT2D eigenvalue weighted by atomic mass is 10.1. The van der Waals surface area contributed by atoms with Gasteiger partial charge in [-0.15, -0.1) is 11.3 Å². The van der Waals surface area contributed by atoms with E-state index in [1.54, 1.807) is 18.2 Å². The van der Waals surface area contributed by atoms with Crippen LogP contribution in [0.2, 0.25) is 10.0 Å².